The van der Waals surface area contributed by atoms with Crippen molar-refractivity contribution in [3.8, 4) is 5.75 Å². The highest BCUT2D eigenvalue weighted by Crippen LogP contribution is 2.33. The summed E-state index contributed by atoms with van der Waals surface area (Å²) >= 11 is 0. The topological polar surface area (TPSA) is 29.5 Å². The third-order valence-electron chi connectivity index (χ3n) is 3.93. The van der Waals surface area contributed by atoms with Crippen LogP contribution in [-0.2, 0) is 0 Å². The monoisotopic (exact) mass is 270 g/mol. The highest BCUT2D eigenvalue weighted by Gasteiger charge is 2.32. The number of ether oxygens (including phenoxy) is 1. The normalized spacial score (nSPS) is 27.6. The first-order valence-corrected chi connectivity index (χ1v) is 6.77. The molecule has 1 saturated carbocycles. The Morgan fingerprint density at radius 3 is 2.68 bits per heavy atom. The molecule has 0 saturated heterocycles. The molecule has 1 aromatic rings. The van der Waals surface area contributed by atoms with Crippen molar-refractivity contribution in [1.82, 2.24) is 0 Å². The largest absolute Gasteiger partial charge is 0.485 e. The van der Waals surface area contributed by atoms with E-state index < -0.39 is 23.8 Å². The molecular formula is C15H20F2O2. The van der Waals surface area contributed by atoms with Crippen LogP contribution in [0.3, 0.4) is 0 Å². The summed E-state index contributed by atoms with van der Waals surface area (Å²) in [6, 6.07) is 3.85. The molecule has 0 aromatic heterocycles. The first kappa shape index (κ1) is 14.3. The molecule has 0 amide bonds. The third kappa shape index (κ3) is 3.24. The van der Waals surface area contributed by atoms with Gasteiger partial charge in [0.15, 0.2) is 11.6 Å². The van der Waals surface area contributed by atoms with Crippen molar-refractivity contribution in [2.75, 3.05) is 0 Å². The Morgan fingerprint density at radius 1 is 1.26 bits per heavy atom. The van der Waals surface area contributed by atoms with Crippen LogP contribution in [0.4, 0.5) is 8.78 Å². The van der Waals surface area contributed by atoms with E-state index in [0.29, 0.717) is 24.7 Å². The fraction of sp³-hybridized carbons (Fsp3) is 0.600. The summed E-state index contributed by atoms with van der Waals surface area (Å²) in [6.45, 7) is 4.25. The van der Waals surface area contributed by atoms with Crippen LogP contribution in [0, 0.1) is 23.5 Å². The zero-order valence-electron chi connectivity index (χ0n) is 11.3. The molecule has 1 aliphatic rings. The molecule has 1 N–H and O–H groups in total. The Hall–Kier alpha value is -1.16. The highest BCUT2D eigenvalue weighted by atomic mass is 19.2. The van der Waals surface area contributed by atoms with Crippen molar-refractivity contribution in [1.29, 1.82) is 0 Å². The molecule has 3 unspecified atom stereocenters. The molecule has 0 spiro atoms. The minimum atomic E-state index is -0.985. The van der Waals surface area contributed by atoms with Gasteiger partial charge in [-0.25, -0.2) is 4.39 Å². The molecule has 4 heteroatoms. The highest BCUT2D eigenvalue weighted by molar-refractivity contribution is 5.25. The smallest absolute Gasteiger partial charge is 0.200 e. The van der Waals surface area contributed by atoms with Gasteiger partial charge in [0.1, 0.15) is 6.10 Å². The molecule has 3 atom stereocenters. The Kier molecular flexibility index (Phi) is 4.40. The fourth-order valence-corrected chi connectivity index (χ4v) is 2.61. The zero-order chi connectivity index (χ0) is 14.0. The molecule has 2 rings (SSSR count). The molecular weight excluding hydrogens is 250 g/mol. The van der Waals surface area contributed by atoms with Crippen molar-refractivity contribution >= 4 is 0 Å². The summed E-state index contributed by atoms with van der Waals surface area (Å²) in [5.74, 6) is -1.08. The van der Waals surface area contributed by atoms with Gasteiger partial charge >= 0.3 is 0 Å². The Bertz CT molecular complexity index is 434. The van der Waals surface area contributed by atoms with Gasteiger partial charge < -0.3 is 9.84 Å². The van der Waals surface area contributed by atoms with Crippen LogP contribution in [0.2, 0.25) is 0 Å². The minimum absolute atomic E-state index is 0.117. The maximum atomic E-state index is 13.6. The third-order valence-corrected chi connectivity index (χ3v) is 3.93. The van der Waals surface area contributed by atoms with Gasteiger partial charge in [-0.2, -0.15) is 4.39 Å². The summed E-state index contributed by atoms with van der Waals surface area (Å²) in [7, 11) is 0. The van der Waals surface area contributed by atoms with Gasteiger partial charge in [-0.1, -0.05) is 19.9 Å². The van der Waals surface area contributed by atoms with Crippen molar-refractivity contribution in [2.45, 2.75) is 45.3 Å². The molecule has 1 fully saturated rings. The lowest BCUT2D eigenvalue weighted by atomic mass is 9.79. The van der Waals surface area contributed by atoms with Crippen LogP contribution in [0.5, 0.6) is 5.75 Å². The van der Waals surface area contributed by atoms with Crippen molar-refractivity contribution in [3.63, 3.8) is 0 Å². The lowest BCUT2D eigenvalue weighted by Crippen LogP contribution is -2.39. The molecule has 0 radical (unpaired) electrons. The standard InChI is InChI=1S/C15H20F2O2/c1-9(2)10-6-7-12(18)14(8-10)19-13-5-3-4-11(16)15(13)17/h3-5,9-10,12,14,18H,6-8H2,1-2H3. The second kappa shape index (κ2) is 5.87. The lowest BCUT2D eigenvalue weighted by Gasteiger charge is -2.35. The quantitative estimate of drug-likeness (QED) is 0.910. The second-order valence-electron chi connectivity index (χ2n) is 5.59. The summed E-state index contributed by atoms with van der Waals surface area (Å²) < 4.78 is 32.2. The van der Waals surface area contributed by atoms with E-state index in [4.69, 9.17) is 4.74 Å². The summed E-state index contributed by atoms with van der Waals surface area (Å²) in [4.78, 5) is 0. The Balaban J connectivity index is 2.10. The maximum Gasteiger partial charge on any atom is 0.200 e. The zero-order valence-corrected chi connectivity index (χ0v) is 11.3. The van der Waals surface area contributed by atoms with Crippen molar-refractivity contribution in [3.05, 3.63) is 29.8 Å². The molecule has 2 nitrogen and oxygen atoms in total. The predicted octanol–water partition coefficient (Wildman–Crippen LogP) is 3.53. The first-order valence-electron chi connectivity index (χ1n) is 6.77. The van der Waals surface area contributed by atoms with E-state index in [0.717, 1.165) is 12.5 Å². The van der Waals surface area contributed by atoms with Crippen molar-refractivity contribution in [2.24, 2.45) is 11.8 Å². The maximum absolute atomic E-state index is 13.6. The van der Waals surface area contributed by atoms with E-state index in [1.165, 1.54) is 12.1 Å². The summed E-state index contributed by atoms with van der Waals surface area (Å²) in [6.07, 6.45) is 1.19. The molecule has 0 heterocycles. The molecule has 1 aliphatic carbocycles. The van der Waals surface area contributed by atoms with Gasteiger partial charge in [0.05, 0.1) is 6.10 Å². The summed E-state index contributed by atoms with van der Waals surface area (Å²) in [5.41, 5.74) is 0. The van der Waals surface area contributed by atoms with Crippen LogP contribution in [0.1, 0.15) is 33.1 Å². The number of rotatable bonds is 3. The van der Waals surface area contributed by atoms with Gasteiger partial charge in [0.25, 0.3) is 0 Å². The van der Waals surface area contributed by atoms with Crippen LogP contribution >= 0.6 is 0 Å². The van der Waals surface area contributed by atoms with E-state index in [2.05, 4.69) is 13.8 Å². The van der Waals surface area contributed by atoms with E-state index in [1.807, 2.05) is 0 Å². The number of hydrogen-bond donors (Lipinski definition) is 1. The predicted molar refractivity (Wildman–Crippen MR) is 69.0 cm³/mol. The number of benzene rings is 1. The molecule has 0 bridgehead atoms. The van der Waals surface area contributed by atoms with Crippen LogP contribution in [0.25, 0.3) is 0 Å². The number of aliphatic hydroxyl groups excluding tert-OH is 1. The Labute approximate surface area is 112 Å². The molecule has 1 aromatic carbocycles. The molecule has 0 aliphatic heterocycles. The molecule has 106 valence electrons. The van der Waals surface area contributed by atoms with E-state index in [-0.39, 0.29) is 5.75 Å². The molecule has 19 heavy (non-hydrogen) atoms. The SMILES string of the molecule is CC(C)C1CCC(O)C(Oc2cccc(F)c2F)C1. The van der Waals surface area contributed by atoms with E-state index >= 15 is 0 Å². The number of halogens is 2. The lowest BCUT2D eigenvalue weighted by molar-refractivity contribution is -0.0195. The fourth-order valence-electron chi connectivity index (χ4n) is 2.61. The van der Waals surface area contributed by atoms with Gasteiger partial charge in [-0.05, 0) is 43.2 Å². The average Bonchev–Trinajstić information content (AvgIpc) is 2.37. The van der Waals surface area contributed by atoms with Crippen LogP contribution in [-0.4, -0.2) is 17.3 Å². The van der Waals surface area contributed by atoms with Gasteiger partial charge in [0.2, 0.25) is 5.82 Å². The Morgan fingerprint density at radius 2 is 2.00 bits per heavy atom. The van der Waals surface area contributed by atoms with Gasteiger partial charge in [-0.3, -0.25) is 0 Å². The minimum Gasteiger partial charge on any atom is -0.485 e. The van der Waals surface area contributed by atoms with E-state index in [9.17, 15) is 13.9 Å². The number of aliphatic hydroxyl groups is 1. The van der Waals surface area contributed by atoms with Gasteiger partial charge in [0, 0.05) is 0 Å². The van der Waals surface area contributed by atoms with Crippen LogP contribution in [0.15, 0.2) is 18.2 Å². The average molecular weight is 270 g/mol. The summed E-state index contributed by atoms with van der Waals surface area (Å²) in [5, 5.41) is 9.95. The number of hydrogen-bond acceptors (Lipinski definition) is 2. The van der Waals surface area contributed by atoms with Crippen LogP contribution < -0.4 is 4.74 Å². The second-order valence-corrected chi connectivity index (χ2v) is 5.59. The van der Waals surface area contributed by atoms with Crippen molar-refractivity contribution < 1.29 is 18.6 Å². The first-order chi connectivity index (χ1) is 8.99. The van der Waals surface area contributed by atoms with Gasteiger partial charge in [-0.15, -0.1) is 0 Å². The van der Waals surface area contributed by atoms with E-state index in [1.54, 1.807) is 0 Å².